The molecule has 0 spiro atoms. The Morgan fingerprint density at radius 3 is 2.63 bits per heavy atom. The number of piperazine rings is 1. The van der Waals surface area contributed by atoms with Gasteiger partial charge in [0.25, 0.3) is 5.91 Å². The molecule has 202 valence electrons. The normalized spacial score (nSPS) is 26.8. The fourth-order valence-electron chi connectivity index (χ4n) is 6.69. The molecule has 1 aromatic carbocycles. The SMILES string of the molecule is O=C1C(=Cc2sc(-c3ccc(Cl)cc3)cc2CCCCCN2CCNCC2)SC(=S)N1C1CC2CCC1C2. The van der Waals surface area contributed by atoms with Crippen LogP contribution in [0.3, 0.4) is 0 Å². The first kappa shape index (κ1) is 27.0. The minimum absolute atomic E-state index is 0.126. The molecule has 1 amide bonds. The van der Waals surface area contributed by atoms with Gasteiger partial charge in [-0.2, -0.15) is 0 Å². The van der Waals surface area contributed by atoms with Gasteiger partial charge in [-0.15, -0.1) is 11.3 Å². The third-order valence-electron chi connectivity index (χ3n) is 8.72. The quantitative estimate of drug-likeness (QED) is 0.193. The maximum atomic E-state index is 13.6. The van der Waals surface area contributed by atoms with E-state index >= 15 is 0 Å². The highest BCUT2D eigenvalue weighted by Crippen LogP contribution is 2.49. The van der Waals surface area contributed by atoms with Crippen LogP contribution in [0.25, 0.3) is 16.5 Å². The summed E-state index contributed by atoms with van der Waals surface area (Å²) < 4.78 is 0.753. The zero-order valence-electron chi connectivity index (χ0n) is 21.8. The first-order valence-corrected chi connectivity index (χ1v) is 16.6. The molecule has 3 heterocycles. The second-order valence-corrected chi connectivity index (χ2v) is 14.4. The van der Waals surface area contributed by atoms with Crippen molar-refractivity contribution in [1.29, 1.82) is 0 Å². The van der Waals surface area contributed by atoms with Crippen LogP contribution in [-0.2, 0) is 11.2 Å². The van der Waals surface area contributed by atoms with E-state index in [1.54, 1.807) is 11.3 Å². The van der Waals surface area contributed by atoms with E-state index in [9.17, 15) is 4.79 Å². The number of nitrogens with one attached hydrogen (secondary N) is 1. The van der Waals surface area contributed by atoms with Crippen LogP contribution in [0.2, 0.25) is 5.02 Å². The van der Waals surface area contributed by atoms with Crippen molar-refractivity contribution in [1.82, 2.24) is 15.1 Å². The number of carbonyl (C=O) groups excluding carboxylic acids is 1. The second kappa shape index (κ2) is 12.1. The monoisotopic (exact) mass is 585 g/mol. The fraction of sp³-hybridized carbons (Fsp3) is 0.533. The van der Waals surface area contributed by atoms with Crippen molar-refractivity contribution < 1.29 is 4.79 Å². The van der Waals surface area contributed by atoms with E-state index in [4.69, 9.17) is 23.8 Å². The van der Waals surface area contributed by atoms with Gasteiger partial charge in [-0.3, -0.25) is 9.69 Å². The zero-order valence-corrected chi connectivity index (χ0v) is 25.0. The van der Waals surface area contributed by atoms with Crippen LogP contribution in [-0.4, -0.2) is 58.8 Å². The van der Waals surface area contributed by atoms with E-state index in [2.05, 4.69) is 34.5 Å². The Labute approximate surface area is 245 Å². The van der Waals surface area contributed by atoms with Crippen LogP contribution in [0.15, 0.2) is 35.2 Å². The second-order valence-electron chi connectivity index (χ2n) is 11.2. The Bertz CT molecular complexity index is 1200. The van der Waals surface area contributed by atoms with E-state index in [1.807, 2.05) is 17.0 Å². The molecule has 2 aliphatic heterocycles. The third-order valence-corrected chi connectivity index (χ3v) is 11.5. The lowest BCUT2D eigenvalue weighted by molar-refractivity contribution is -0.124. The Morgan fingerprint density at radius 1 is 1.08 bits per heavy atom. The predicted molar refractivity (Wildman–Crippen MR) is 166 cm³/mol. The summed E-state index contributed by atoms with van der Waals surface area (Å²) in [6, 6.07) is 10.7. The van der Waals surface area contributed by atoms with Crippen molar-refractivity contribution in [3.63, 3.8) is 0 Å². The smallest absolute Gasteiger partial charge is 0.266 e. The van der Waals surface area contributed by atoms with Crippen molar-refractivity contribution >= 4 is 63.2 Å². The molecule has 8 heteroatoms. The number of nitrogens with zero attached hydrogens (tertiary/aromatic N) is 2. The van der Waals surface area contributed by atoms with Crippen LogP contribution in [0, 0.1) is 11.8 Å². The summed E-state index contributed by atoms with van der Waals surface area (Å²) in [5.41, 5.74) is 2.51. The van der Waals surface area contributed by atoms with Gasteiger partial charge in [0.15, 0.2) is 0 Å². The van der Waals surface area contributed by atoms with Gasteiger partial charge in [-0.05, 0) is 92.3 Å². The molecular weight excluding hydrogens is 550 g/mol. The highest BCUT2D eigenvalue weighted by Gasteiger charge is 2.48. The maximum Gasteiger partial charge on any atom is 0.266 e. The third kappa shape index (κ3) is 5.93. The van der Waals surface area contributed by atoms with Crippen LogP contribution in [0.1, 0.15) is 55.4 Å². The molecule has 2 aliphatic carbocycles. The van der Waals surface area contributed by atoms with Crippen molar-refractivity contribution in [3.05, 3.63) is 50.7 Å². The Hall–Kier alpha value is -1.22. The summed E-state index contributed by atoms with van der Waals surface area (Å²) >= 11 is 15.2. The molecule has 4 aliphatic rings. The van der Waals surface area contributed by atoms with E-state index in [-0.39, 0.29) is 5.91 Å². The lowest BCUT2D eigenvalue weighted by Gasteiger charge is -2.30. The summed E-state index contributed by atoms with van der Waals surface area (Å²) in [5, 5.41) is 4.18. The van der Waals surface area contributed by atoms with Gasteiger partial charge >= 0.3 is 0 Å². The van der Waals surface area contributed by atoms with Gasteiger partial charge in [0.1, 0.15) is 4.32 Å². The Kier molecular flexibility index (Phi) is 8.60. The van der Waals surface area contributed by atoms with Crippen molar-refractivity contribution in [2.45, 2.75) is 57.4 Å². The molecule has 1 aromatic heterocycles. The number of thiocarbonyl (C=S) groups is 1. The molecule has 1 N–H and O–H groups in total. The minimum Gasteiger partial charge on any atom is -0.314 e. The van der Waals surface area contributed by atoms with Crippen LogP contribution < -0.4 is 5.32 Å². The summed E-state index contributed by atoms with van der Waals surface area (Å²) in [7, 11) is 0. The van der Waals surface area contributed by atoms with Gasteiger partial charge < -0.3 is 10.2 Å². The molecule has 2 aromatic rings. The number of rotatable bonds is 9. The summed E-state index contributed by atoms with van der Waals surface area (Å²) in [4.78, 5) is 21.4. The molecule has 2 saturated heterocycles. The average Bonchev–Trinajstić information content (AvgIpc) is 3.70. The molecule has 4 nitrogen and oxygen atoms in total. The standard InChI is InChI=1S/C30H36ClN3OS3/c31-24-9-7-21(8-10-24)26-18-23(4-2-1-3-13-33-14-11-32-12-15-33)27(37-26)19-28-29(35)34(30(36)38-28)25-17-20-5-6-22(25)16-20/h7-10,18-20,22,25,32H,1-6,11-17H2. The molecule has 2 bridgehead atoms. The number of thiophene rings is 1. The number of amides is 1. The molecule has 2 saturated carbocycles. The number of fused-ring (bicyclic) bond motifs is 2. The van der Waals surface area contributed by atoms with Gasteiger partial charge in [-0.1, -0.05) is 60.6 Å². The first-order valence-electron chi connectivity index (χ1n) is 14.1. The molecule has 3 atom stereocenters. The number of benzene rings is 1. The van der Waals surface area contributed by atoms with Crippen LogP contribution >= 0.6 is 46.9 Å². The minimum atomic E-state index is 0.126. The summed E-state index contributed by atoms with van der Waals surface area (Å²) in [6.07, 6.45) is 11.8. The number of unbranched alkanes of at least 4 members (excludes halogenated alkanes) is 2. The largest absolute Gasteiger partial charge is 0.314 e. The van der Waals surface area contributed by atoms with Crippen molar-refractivity contribution in [2.75, 3.05) is 32.7 Å². The number of hydrogen-bond donors (Lipinski definition) is 1. The topological polar surface area (TPSA) is 35.6 Å². The Morgan fingerprint density at radius 2 is 1.89 bits per heavy atom. The van der Waals surface area contributed by atoms with Crippen LogP contribution in [0.5, 0.6) is 0 Å². The number of aryl methyl sites for hydroxylation is 1. The van der Waals surface area contributed by atoms with Crippen LogP contribution in [0.4, 0.5) is 0 Å². The summed E-state index contributed by atoms with van der Waals surface area (Å²) in [6.45, 7) is 5.75. The number of hydrogen-bond acceptors (Lipinski definition) is 6. The average molecular weight is 586 g/mol. The van der Waals surface area contributed by atoms with E-state index in [0.717, 1.165) is 52.5 Å². The van der Waals surface area contributed by atoms with Gasteiger partial charge in [0, 0.05) is 47.0 Å². The van der Waals surface area contributed by atoms with Gasteiger partial charge in [0.05, 0.1) is 4.91 Å². The maximum absolute atomic E-state index is 13.6. The highest BCUT2D eigenvalue weighted by molar-refractivity contribution is 8.26. The van der Waals surface area contributed by atoms with Crippen molar-refractivity contribution in [2.24, 2.45) is 11.8 Å². The predicted octanol–water partition coefficient (Wildman–Crippen LogP) is 7.08. The molecule has 6 rings (SSSR count). The molecule has 0 radical (unpaired) electrons. The number of carbonyl (C=O) groups is 1. The van der Waals surface area contributed by atoms with Crippen molar-refractivity contribution in [3.8, 4) is 10.4 Å². The lowest BCUT2D eigenvalue weighted by atomic mass is 9.94. The number of halogens is 1. The zero-order chi connectivity index (χ0) is 26.1. The molecular formula is C30H36ClN3OS3. The van der Waals surface area contributed by atoms with Gasteiger partial charge in [0.2, 0.25) is 0 Å². The molecule has 3 unspecified atom stereocenters. The summed E-state index contributed by atoms with van der Waals surface area (Å²) in [5.74, 6) is 1.55. The fourth-order valence-corrected chi connectivity index (χ4v) is 9.41. The molecule has 4 fully saturated rings. The highest BCUT2D eigenvalue weighted by atomic mass is 35.5. The lowest BCUT2D eigenvalue weighted by Crippen LogP contribution is -2.43. The Balaban J connectivity index is 1.17. The van der Waals surface area contributed by atoms with Gasteiger partial charge in [-0.25, -0.2) is 0 Å². The number of thioether (sulfide) groups is 1. The molecule has 38 heavy (non-hydrogen) atoms. The first-order chi connectivity index (χ1) is 18.5. The van der Waals surface area contributed by atoms with E-state index in [0.29, 0.717) is 12.0 Å². The van der Waals surface area contributed by atoms with E-state index in [1.165, 1.54) is 84.4 Å². The van der Waals surface area contributed by atoms with E-state index < -0.39 is 0 Å².